The van der Waals surface area contributed by atoms with Crippen LogP contribution in [-0.2, 0) is 0 Å². The van der Waals surface area contributed by atoms with Crippen molar-refractivity contribution in [2.45, 2.75) is 0 Å². The number of aromatic nitrogens is 3. The molecule has 0 saturated heterocycles. The number of rotatable bonds is 1. The topological polar surface area (TPSA) is 56.2 Å². The van der Waals surface area contributed by atoms with Gasteiger partial charge in [-0.2, -0.15) is 0 Å². The van der Waals surface area contributed by atoms with Crippen LogP contribution in [-0.4, -0.2) is 14.6 Å². The van der Waals surface area contributed by atoms with Crippen molar-refractivity contribution in [2.75, 3.05) is 5.73 Å². The summed E-state index contributed by atoms with van der Waals surface area (Å²) in [4.78, 5) is 0. The van der Waals surface area contributed by atoms with Gasteiger partial charge in [-0.15, -0.1) is 10.2 Å². The lowest BCUT2D eigenvalue weighted by molar-refractivity contribution is 0.628. The molecule has 2 N–H and O–H groups in total. The summed E-state index contributed by atoms with van der Waals surface area (Å²) in [5, 5.41) is 8.02. The molecule has 0 fully saturated rings. The Morgan fingerprint density at radius 3 is 2.83 bits per heavy atom. The molecule has 0 spiro atoms. The van der Waals surface area contributed by atoms with Crippen LogP contribution in [0.15, 0.2) is 36.5 Å². The number of fused-ring (bicyclic) bond motifs is 1. The minimum atomic E-state index is -0.491. The van der Waals surface area contributed by atoms with Crippen LogP contribution in [0.2, 0.25) is 5.02 Å². The van der Waals surface area contributed by atoms with Crippen LogP contribution in [0, 0.1) is 5.82 Å². The Hall–Kier alpha value is -2.14. The molecule has 3 aromatic rings. The van der Waals surface area contributed by atoms with Crippen molar-refractivity contribution in [1.29, 1.82) is 0 Å². The SMILES string of the molecule is Nc1ccc2nnc(-c3cccc(F)c3Cl)n2c1. The van der Waals surface area contributed by atoms with Gasteiger partial charge in [0.1, 0.15) is 5.82 Å². The molecule has 18 heavy (non-hydrogen) atoms. The first-order chi connectivity index (χ1) is 8.66. The van der Waals surface area contributed by atoms with E-state index < -0.39 is 5.82 Å². The molecule has 0 amide bonds. The van der Waals surface area contributed by atoms with Gasteiger partial charge in [-0.3, -0.25) is 4.40 Å². The molecule has 0 aliphatic heterocycles. The fourth-order valence-corrected chi connectivity index (χ4v) is 1.98. The number of pyridine rings is 1. The third-order valence-electron chi connectivity index (χ3n) is 2.62. The number of halogens is 2. The average Bonchev–Trinajstić information content (AvgIpc) is 2.75. The van der Waals surface area contributed by atoms with E-state index in [0.717, 1.165) is 0 Å². The van der Waals surface area contributed by atoms with E-state index in [1.165, 1.54) is 6.07 Å². The Kier molecular flexibility index (Phi) is 2.41. The highest BCUT2D eigenvalue weighted by atomic mass is 35.5. The van der Waals surface area contributed by atoms with Gasteiger partial charge in [-0.25, -0.2) is 4.39 Å². The van der Waals surface area contributed by atoms with Crippen molar-refractivity contribution in [3.63, 3.8) is 0 Å². The number of hydrogen-bond donors (Lipinski definition) is 1. The fourth-order valence-electron chi connectivity index (χ4n) is 1.77. The highest BCUT2D eigenvalue weighted by Gasteiger charge is 2.13. The summed E-state index contributed by atoms with van der Waals surface area (Å²) in [6.45, 7) is 0. The maximum atomic E-state index is 13.4. The molecule has 0 saturated carbocycles. The monoisotopic (exact) mass is 262 g/mol. The number of nitrogen functional groups attached to an aromatic ring is 1. The predicted octanol–water partition coefficient (Wildman–Crippen LogP) is 2.77. The van der Waals surface area contributed by atoms with Gasteiger partial charge in [0.2, 0.25) is 0 Å². The van der Waals surface area contributed by atoms with Gasteiger partial charge in [0.05, 0.1) is 5.02 Å². The second kappa shape index (κ2) is 3.96. The second-order valence-electron chi connectivity index (χ2n) is 3.82. The zero-order valence-electron chi connectivity index (χ0n) is 9.14. The van der Waals surface area contributed by atoms with Gasteiger partial charge in [-0.05, 0) is 24.3 Å². The lowest BCUT2D eigenvalue weighted by Crippen LogP contribution is -1.94. The molecule has 1 aromatic carbocycles. The van der Waals surface area contributed by atoms with E-state index in [-0.39, 0.29) is 5.02 Å². The highest BCUT2D eigenvalue weighted by molar-refractivity contribution is 6.33. The Bertz CT molecular complexity index is 738. The Morgan fingerprint density at radius 2 is 2.00 bits per heavy atom. The summed E-state index contributed by atoms with van der Waals surface area (Å²) in [5.74, 6) is -0.0309. The quantitative estimate of drug-likeness (QED) is 0.734. The lowest BCUT2D eigenvalue weighted by atomic mass is 10.2. The largest absolute Gasteiger partial charge is 0.398 e. The van der Waals surface area contributed by atoms with E-state index in [2.05, 4.69) is 10.2 Å². The van der Waals surface area contributed by atoms with Gasteiger partial charge in [-0.1, -0.05) is 17.7 Å². The van der Waals surface area contributed by atoms with Gasteiger partial charge < -0.3 is 5.73 Å². The molecule has 4 nitrogen and oxygen atoms in total. The Labute approximate surface area is 107 Å². The van der Waals surface area contributed by atoms with E-state index in [4.69, 9.17) is 17.3 Å². The molecule has 2 heterocycles. The van der Waals surface area contributed by atoms with Gasteiger partial charge in [0.25, 0.3) is 0 Å². The normalized spacial score (nSPS) is 11.0. The summed E-state index contributed by atoms with van der Waals surface area (Å²) >= 11 is 5.94. The van der Waals surface area contributed by atoms with Crippen LogP contribution < -0.4 is 5.73 Å². The molecule has 0 aliphatic carbocycles. The molecule has 90 valence electrons. The number of anilines is 1. The van der Waals surface area contributed by atoms with Crippen LogP contribution in [0.25, 0.3) is 17.0 Å². The minimum absolute atomic E-state index is 0.0224. The maximum Gasteiger partial charge on any atom is 0.170 e. The average molecular weight is 263 g/mol. The van der Waals surface area contributed by atoms with Gasteiger partial charge >= 0.3 is 0 Å². The van der Waals surface area contributed by atoms with Crippen LogP contribution >= 0.6 is 11.6 Å². The van der Waals surface area contributed by atoms with Crippen molar-refractivity contribution in [2.24, 2.45) is 0 Å². The van der Waals surface area contributed by atoms with E-state index in [1.807, 2.05) is 0 Å². The minimum Gasteiger partial charge on any atom is -0.398 e. The molecular formula is C12H8ClFN4. The number of hydrogen-bond acceptors (Lipinski definition) is 3. The third-order valence-corrected chi connectivity index (χ3v) is 3.00. The fraction of sp³-hybridized carbons (Fsp3) is 0. The Balaban J connectivity index is 2.32. The van der Waals surface area contributed by atoms with Gasteiger partial charge in [0, 0.05) is 17.4 Å². The molecule has 0 atom stereocenters. The zero-order chi connectivity index (χ0) is 12.7. The molecule has 6 heteroatoms. The second-order valence-corrected chi connectivity index (χ2v) is 4.19. The molecule has 3 rings (SSSR count). The summed E-state index contributed by atoms with van der Waals surface area (Å²) < 4.78 is 15.1. The Morgan fingerprint density at radius 1 is 1.17 bits per heavy atom. The van der Waals surface area contributed by atoms with E-state index in [9.17, 15) is 4.39 Å². The van der Waals surface area contributed by atoms with Crippen LogP contribution in [0.3, 0.4) is 0 Å². The summed E-state index contributed by atoms with van der Waals surface area (Å²) in [7, 11) is 0. The summed E-state index contributed by atoms with van der Waals surface area (Å²) in [5.41, 5.74) is 7.39. The first-order valence-corrected chi connectivity index (χ1v) is 5.59. The van der Waals surface area contributed by atoms with Crippen molar-refractivity contribution >= 4 is 22.9 Å². The van der Waals surface area contributed by atoms with Crippen molar-refractivity contribution in [1.82, 2.24) is 14.6 Å². The van der Waals surface area contributed by atoms with E-state index in [1.54, 1.807) is 34.9 Å². The van der Waals surface area contributed by atoms with Crippen molar-refractivity contribution in [3.05, 3.63) is 47.4 Å². The van der Waals surface area contributed by atoms with E-state index in [0.29, 0.717) is 22.7 Å². The van der Waals surface area contributed by atoms with Crippen LogP contribution in [0.1, 0.15) is 0 Å². The van der Waals surface area contributed by atoms with E-state index >= 15 is 0 Å². The van der Waals surface area contributed by atoms with Crippen molar-refractivity contribution < 1.29 is 4.39 Å². The summed E-state index contributed by atoms with van der Waals surface area (Å²) in [6.07, 6.45) is 1.67. The first-order valence-electron chi connectivity index (χ1n) is 5.21. The van der Waals surface area contributed by atoms with Gasteiger partial charge in [0.15, 0.2) is 11.5 Å². The molecular weight excluding hydrogens is 255 g/mol. The molecule has 0 radical (unpaired) electrons. The smallest absolute Gasteiger partial charge is 0.170 e. The molecule has 0 bridgehead atoms. The molecule has 0 unspecified atom stereocenters. The standard InChI is InChI=1S/C12H8ClFN4/c13-11-8(2-1-3-9(11)14)12-17-16-10-5-4-7(15)6-18(10)12/h1-6H,15H2. The third kappa shape index (κ3) is 1.60. The molecule has 0 aliphatic rings. The maximum absolute atomic E-state index is 13.4. The summed E-state index contributed by atoms with van der Waals surface area (Å²) in [6, 6.07) is 8.01. The van der Waals surface area contributed by atoms with Crippen LogP contribution in [0.5, 0.6) is 0 Å². The number of benzene rings is 1. The van der Waals surface area contributed by atoms with Crippen LogP contribution in [0.4, 0.5) is 10.1 Å². The lowest BCUT2D eigenvalue weighted by Gasteiger charge is -2.03. The van der Waals surface area contributed by atoms with Crippen molar-refractivity contribution in [3.8, 4) is 11.4 Å². The predicted molar refractivity (Wildman–Crippen MR) is 67.8 cm³/mol. The molecule has 2 aromatic heterocycles. The highest BCUT2D eigenvalue weighted by Crippen LogP contribution is 2.29. The number of nitrogens with zero attached hydrogens (tertiary/aromatic N) is 3. The number of nitrogens with two attached hydrogens (primary N) is 1. The first kappa shape index (κ1) is 11.0. The zero-order valence-corrected chi connectivity index (χ0v) is 9.89.